The largest absolute Gasteiger partial charge is 0.497 e. The zero-order chi connectivity index (χ0) is 20.5. The third kappa shape index (κ3) is 6.19. The van der Waals surface area contributed by atoms with Crippen LogP contribution in [0.25, 0.3) is 0 Å². The first kappa shape index (κ1) is 21.1. The van der Waals surface area contributed by atoms with E-state index in [1.165, 1.54) is 16.2 Å². The van der Waals surface area contributed by atoms with E-state index in [0.717, 1.165) is 30.9 Å². The average Bonchev–Trinajstić information content (AvgIpc) is 3.19. The lowest BCUT2D eigenvalue weighted by Gasteiger charge is -2.23. The Balaban J connectivity index is 1.70. The highest BCUT2D eigenvalue weighted by molar-refractivity contribution is 5.29. The topological polar surface area (TPSA) is 48.1 Å². The van der Waals surface area contributed by atoms with Gasteiger partial charge in [0, 0.05) is 19.9 Å². The standard InChI is InChI=1S/C24H30N2O3/c1-28-15-14-25(19-24(27)21-9-4-3-5-10-21)18-22-11-7-13-26(22)17-20-8-6-12-23(16-20)29-2/h3-13,16,24,27H,14-15,17-19H2,1-2H3/p+1/t24-/m1/s1. The number of ether oxygens (including phenoxy) is 2. The maximum atomic E-state index is 10.7. The van der Waals surface area contributed by atoms with Crippen LogP contribution in [0.2, 0.25) is 0 Å². The molecule has 0 bridgehead atoms. The van der Waals surface area contributed by atoms with Crippen molar-refractivity contribution in [3.05, 3.63) is 89.7 Å². The molecule has 0 saturated carbocycles. The van der Waals surface area contributed by atoms with Crippen LogP contribution < -0.4 is 9.64 Å². The number of benzene rings is 2. The lowest BCUT2D eigenvalue weighted by atomic mass is 10.1. The molecule has 2 atom stereocenters. The van der Waals surface area contributed by atoms with Gasteiger partial charge in [0.1, 0.15) is 31.5 Å². The fourth-order valence-corrected chi connectivity index (χ4v) is 3.56. The van der Waals surface area contributed by atoms with Gasteiger partial charge in [-0.1, -0.05) is 42.5 Å². The van der Waals surface area contributed by atoms with Gasteiger partial charge in [-0.05, 0) is 35.4 Å². The molecule has 154 valence electrons. The van der Waals surface area contributed by atoms with Gasteiger partial charge in [-0.2, -0.15) is 0 Å². The number of rotatable bonds is 11. The maximum Gasteiger partial charge on any atom is 0.128 e. The van der Waals surface area contributed by atoms with Gasteiger partial charge in [0.2, 0.25) is 0 Å². The Hall–Kier alpha value is -2.60. The van der Waals surface area contributed by atoms with E-state index in [9.17, 15) is 5.11 Å². The number of aromatic nitrogens is 1. The Labute approximate surface area is 173 Å². The van der Waals surface area contributed by atoms with Gasteiger partial charge < -0.3 is 24.0 Å². The van der Waals surface area contributed by atoms with Crippen molar-refractivity contribution in [2.75, 3.05) is 33.9 Å². The highest BCUT2D eigenvalue weighted by Gasteiger charge is 2.18. The summed E-state index contributed by atoms with van der Waals surface area (Å²) in [5.74, 6) is 0.870. The first-order valence-electron chi connectivity index (χ1n) is 10.0. The smallest absolute Gasteiger partial charge is 0.128 e. The predicted molar refractivity (Wildman–Crippen MR) is 114 cm³/mol. The van der Waals surface area contributed by atoms with Gasteiger partial charge in [0.05, 0.1) is 19.4 Å². The maximum absolute atomic E-state index is 10.7. The molecule has 3 aromatic rings. The summed E-state index contributed by atoms with van der Waals surface area (Å²) in [6.07, 6.45) is 1.61. The molecule has 0 aliphatic heterocycles. The lowest BCUT2D eigenvalue weighted by molar-refractivity contribution is -0.918. The number of methoxy groups -OCH3 is 2. The fraction of sp³-hybridized carbons (Fsp3) is 0.333. The number of nitrogens with one attached hydrogen (secondary N) is 1. The SMILES string of the molecule is COCC[NH+](Cc1cccn1Cc1cccc(OC)c1)C[C@@H](O)c1ccccc1. The Morgan fingerprint density at radius 1 is 1.00 bits per heavy atom. The Bertz CT molecular complexity index is 863. The molecule has 0 saturated heterocycles. The minimum absolute atomic E-state index is 0.496. The minimum Gasteiger partial charge on any atom is -0.497 e. The van der Waals surface area contributed by atoms with E-state index < -0.39 is 6.10 Å². The second kappa shape index (κ2) is 10.8. The van der Waals surface area contributed by atoms with Crippen LogP contribution in [0.5, 0.6) is 5.75 Å². The monoisotopic (exact) mass is 395 g/mol. The van der Waals surface area contributed by atoms with Crippen molar-refractivity contribution in [2.45, 2.75) is 19.2 Å². The zero-order valence-electron chi connectivity index (χ0n) is 17.3. The summed E-state index contributed by atoms with van der Waals surface area (Å²) in [6.45, 7) is 3.75. The van der Waals surface area contributed by atoms with E-state index in [1.807, 2.05) is 42.5 Å². The second-order valence-electron chi connectivity index (χ2n) is 7.28. The van der Waals surface area contributed by atoms with Crippen molar-refractivity contribution in [2.24, 2.45) is 0 Å². The second-order valence-corrected chi connectivity index (χ2v) is 7.28. The third-order valence-corrected chi connectivity index (χ3v) is 5.17. The van der Waals surface area contributed by atoms with Crippen molar-refractivity contribution in [3.63, 3.8) is 0 Å². The number of hydrogen-bond donors (Lipinski definition) is 2. The van der Waals surface area contributed by atoms with Gasteiger partial charge >= 0.3 is 0 Å². The van der Waals surface area contributed by atoms with Crippen molar-refractivity contribution < 1.29 is 19.5 Å². The highest BCUT2D eigenvalue weighted by Crippen LogP contribution is 2.15. The molecule has 0 radical (unpaired) electrons. The molecule has 2 N–H and O–H groups in total. The third-order valence-electron chi connectivity index (χ3n) is 5.17. The summed E-state index contributed by atoms with van der Waals surface area (Å²) in [6, 6.07) is 22.2. The van der Waals surface area contributed by atoms with Gasteiger partial charge in [0.15, 0.2) is 0 Å². The number of hydrogen-bond acceptors (Lipinski definition) is 3. The zero-order valence-corrected chi connectivity index (χ0v) is 17.3. The van der Waals surface area contributed by atoms with Crippen LogP contribution in [0.4, 0.5) is 0 Å². The lowest BCUT2D eigenvalue weighted by Crippen LogP contribution is -3.11. The summed E-state index contributed by atoms with van der Waals surface area (Å²) in [5.41, 5.74) is 3.39. The van der Waals surface area contributed by atoms with E-state index >= 15 is 0 Å². The summed E-state index contributed by atoms with van der Waals surface area (Å²) in [5, 5.41) is 10.7. The van der Waals surface area contributed by atoms with Crippen LogP contribution in [-0.2, 0) is 17.8 Å². The van der Waals surface area contributed by atoms with Crippen LogP contribution in [-0.4, -0.2) is 43.6 Å². The molecule has 5 heteroatoms. The number of aliphatic hydroxyl groups excluding tert-OH is 1. The molecule has 1 aromatic heterocycles. The van der Waals surface area contributed by atoms with Crippen LogP contribution in [0.1, 0.15) is 22.9 Å². The van der Waals surface area contributed by atoms with Gasteiger partial charge in [0.25, 0.3) is 0 Å². The molecule has 5 nitrogen and oxygen atoms in total. The van der Waals surface area contributed by atoms with Gasteiger partial charge in [-0.3, -0.25) is 0 Å². The Morgan fingerprint density at radius 3 is 2.59 bits per heavy atom. The van der Waals surface area contributed by atoms with E-state index in [4.69, 9.17) is 9.47 Å². The molecule has 2 aromatic carbocycles. The molecular formula is C24H31N2O3+. The van der Waals surface area contributed by atoms with Gasteiger partial charge in [-0.15, -0.1) is 0 Å². The molecule has 1 heterocycles. The van der Waals surface area contributed by atoms with E-state index in [1.54, 1.807) is 14.2 Å². The van der Waals surface area contributed by atoms with Crippen molar-refractivity contribution in [1.82, 2.24) is 4.57 Å². The quantitative estimate of drug-likeness (QED) is 0.524. The highest BCUT2D eigenvalue weighted by atomic mass is 16.5. The van der Waals surface area contributed by atoms with Gasteiger partial charge in [-0.25, -0.2) is 0 Å². The molecule has 0 amide bonds. The molecule has 0 spiro atoms. The Morgan fingerprint density at radius 2 is 1.83 bits per heavy atom. The number of aliphatic hydroxyl groups is 1. The van der Waals surface area contributed by atoms with E-state index in [-0.39, 0.29) is 0 Å². The van der Waals surface area contributed by atoms with Crippen molar-refractivity contribution in [3.8, 4) is 5.75 Å². The van der Waals surface area contributed by atoms with E-state index in [0.29, 0.717) is 13.2 Å². The first-order chi connectivity index (χ1) is 14.2. The van der Waals surface area contributed by atoms with Crippen LogP contribution in [0.15, 0.2) is 72.9 Å². The van der Waals surface area contributed by atoms with Crippen LogP contribution >= 0.6 is 0 Å². The number of quaternary nitrogens is 1. The molecule has 0 fully saturated rings. The first-order valence-corrected chi connectivity index (χ1v) is 10.0. The predicted octanol–water partition coefficient (Wildman–Crippen LogP) is 2.31. The van der Waals surface area contributed by atoms with Crippen molar-refractivity contribution in [1.29, 1.82) is 0 Å². The fourth-order valence-electron chi connectivity index (χ4n) is 3.56. The number of nitrogens with zero attached hydrogens (tertiary/aromatic N) is 1. The molecule has 0 aliphatic carbocycles. The minimum atomic E-state index is -0.496. The molecule has 0 aliphatic rings. The molecule has 1 unspecified atom stereocenters. The summed E-state index contributed by atoms with van der Waals surface area (Å²) in [7, 11) is 3.41. The Kier molecular flexibility index (Phi) is 7.87. The average molecular weight is 396 g/mol. The van der Waals surface area contributed by atoms with Crippen LogP contribution in [0.3, 0.4) is 0 Å². The summed E-state index contributed by atoms with van der Waals surface area (Å²) in [4.78, 5) is 1.29. The molecule has 29 heavy (non-hydrogen) atoms. The normalized spacial score (nSPS) is 13.2. The van der Waals surface area contributed by atoms with E-state index in [2.05, 4.69) is 35.0 Å². The molecule has 3 rings (SSSR count). The van der Waals surface area contributed by atoms with Crippen LogP contribution in [0, 0.1) is 0 Å². The summed E-state index contributed by atoms with van der Waals surface area (Å²) < 4.78 is 12.9. The van der Waals surface area contributed by atoms with Crippen molar-refractivity contribution >= 4 is 0 Å². The summed E-state index contributed by atoms with van der Waals surface area (Å²) >= 11 is 0. The molecular weight excluding hydrogens is 364 g/mol.